The molecule has 1 saturated heterocycles. The molecule has 2 aromatic rings. The number of aromatic nitrogens is 2. The SMILES string of the molecule is Cc1cnc(C(=O)N(CCC(=O)NC2CCN(Cc3ccccc3)CC2)C2CC2)cn1. The molecule has 1 aliphatic heterocycles. The van der Waals surface area contributed by atoms with Crippen LogP contribution in [-0.4, -0.2) is 63.3 Å². The van der Waals surface area contributed by atoms with Crippen LogP contribution in [0.15, 0.2) is 42.7 Å². The second-order valence-corrected chi connectivity index (χ2v) is 8.63. The quantitative estimate of drug-likeness (QED) is 0.709. The number of benzene rings is 1. The van der Waals surface area contributed by atoms with Gasteiger partial charge in [0.05, 0.1) is 11.9 Å². The Kier molecular flexibility index (Phi) is 6.92. The standard InChI is InChI=1S/C24H31N5O2/c1-18-15-26-22(16-25-18)24(31)29(21-7-8-21)14-11-23(30)27-20-9-12-28(13-10-20)17-19-5-3-2-4-6-19/h2-6,15-16,20-21H,7-14,17H2,1H3,(H,27,30). The van der Waals surface area contributed by atoms with Crippen LogP contribution in [0.1, 0.15) is 53.8 Å². The van der Waals surface area contributed by atoms with E-state index in [9.17, 15) is 9.59 Å². The number of nitrogens with zero attached hydrogens (tertiary/aromatic N) is 4. The molecule has 2 aliphatic rings. The molecule has 1 aromatic carbocycles. The van der Waals surface area contributed by atoms with Gasteiger partial charge in [0.1, 0.15) is 5.69 Å². The van der Waals surface area contributed by atoms with E-state index in [1.54, 1.807) is 11.1 Å². The predicted molar refractivity (Wildman–Crippen MR) is 118 cm³/mol. The summed E-state index contributed by atoms with van der Waals surface area (Å²) in [7, 11) is 0. The monoisotopic (exact) mass is 421 g/mol. The van der Waals surface area contributed by atoms with Gasteiger partial charge >= 0.3 is 0 Å². The first-order valence-corrected chi connectivity index (χ1v) is 11.2. The smallest absolute Gasteiger partial charge is 0.274 e. The van der Waals surface area contributed by atoms with E-state index < -0.39 is 0 Å². The van der Waals surface area contributed by atoms with Gasteiger partial charge in [-0.25, -0.2) is 4.98 Å². The Balaban J connectivity index is 1.21. The normalized spacial score (nSPS) is 17.3. The summed E-state index contributed by atoms with van der Waals surface area (Å²) < 4.78 is 0. The van der Waals surface area contributed by atoms with Crippen molar-refractivity contribution in [2.24, 2.45) is 0 Å². The van der Waals surface area contributed by atoms with E-state index in [1.165, 1.54) is 11.8 Å². The summed E-state index contributed by atoms with van der Waals surface area (Å²) >= 11 is 0. The third kappa shape index (κ3) is 6.10. The van der Waals surface area contributed by atoms with Gasteiger partial charge in [-0.15, -0.1) is 0 Å². The van der Waals surface area contributed by atoms with Crippen molar-refractivity contribution in [3.8, 4) is 0 Å². The fraction of sp³-hybridized carbons (Fsp3) is 0.500. The van der Waals surface area contributed by atoms with Gasteiger partial charge < -0.3 is 10.2 Å². The first-order valence-electron chi connectivity index (χ1n) is 11.2. The summed E-state index contributed by atoms with van der Waals surface area (Å²) in [6.45, 7) is 5.20. The highest BCUT2D eigenvalue weighted by Gasteiger charge is 2.34. The molecule has 7 heteroatoms. The van der Waals surface area contributed by atoms with E-state index in [0.29, 0.717) is 18.7 Å². The van der Waals surface area contributed by atoms with Crippen molar-refractivity contribution in [2.75, 3.05) is 19.6 Å². The molecule has 0 radical (unpaired) electrons. The molecule has 1 N–H and O–H groups in total. The summed E-state index contributed by atoms with van der Waals surface area (Å²) in [4.78, 5) is 38.0. The Morgan fingerprint density at radius 1 is 1.06 bits per heavy atom. The number of hydrogen-bond donors (Lipinski definition) is 1. The fourth-order valence-corrected chi connectivity index (χ4v) is 4.09. The molecule has 0 atom stereocenters. The van der Waals surface area contributed by atoms with Crippen LogP contribution in [0.2, 0.25) is 0 Å². The number of rotatable bonds is 8. The van der Waals surface area contributed by atoms with Gasteiger partial charge in [-0.1, -0.05) is 30.3 Å². The van der Waals surface area contributed by atoms with Crippen LogP contribution in [0.3, 0.4) is 0 Å². The molecule has 2 fully saturated rings. The third-order valence-corrected chi connectivity index (χ3v) is 6.03. The highest BCUT2D eigenvalue weighted by atomic mass is 16.2. The second-order valence-electron chi connectivity index (χ2n) is 8.63. The lowest BCUT2D eigenvalue weighted by Crippen LogP contribution is -2.45. The average molecular weight is 422 g/mol. The molecule has 7 nitrogen and oxygen atoms in total. The lowest BCUT2D eigenvalue weighted by atomic mass is 10.0. The fourth-order valence-electron chi connectivity index (χ4n) is 4.09. The molecule has 0 unspecified atom stereocenters. The average Bonchev–Trinajstić information content (AvgIpc) is 3.62. The van der Waals surface area contributed by atoms with E-state index in [2.05, 4.69) is 44.5 Å². The molecule has 2 amide bonds. The first-order chi connectivity index (χ1) is 15.1. The number of likely N-dealkylation sites (tertiary alicyclic amines) is 1. The summed E-state index contributed by atoms with van der Waals surface area (Å²) in [6.07, 6.45) is 7.36. The number of carbonyl (C=O) groups excluding carboxylic acids is 2. The minimum absolute atomic E-state index is 0.0231. The molecule has 164 valence electrons. The van der Waals surface area contributed by atoms with Gasteiger partial charge in [0.25, 0.3) is 5.91 Å². The van der Waals surface area contributed by atoms with E-state index in [-0.39, 0.29) is 23.9 Å². The van der Waals surface area contributed by atoms with Crippen molar-refractivity contribution in [3.05, 3.63) is 59.7 Å². The molecule has 0 spiro atoms. The number of piperidine rings is 1. The van der Waals surface area contributed by atoms with Gasteiger partial charge in [-0.2, -0.15) is 0 Å². The molecule has 2 heterocycles. The maximum absolute atomic E-state index is 12.8. The van der Waals surface area contributed by atoms with Crippen molar-refractivity contribution < 1.29 is 9.59 Å². The van der Waals surface area contributed by atoms with Gasteiger partial charge in [0, 0.05) is 50.9 Å². The lowest BCUT2D eigenvalue weighted by molar-refractivity contribution is -0.122. The Labute approximate surface area is 183 Å². The zero-order chi connectivity index (χ0) is 21.6. The second kappa shape index (κ2) is 10.0. The third-order valence-electron chi connectivity index (χ3n) is 6.03. The van der Waals surface area contributed by atoms with Crippen LogP contribution >= 0.6 is 0 Å². The first kappa shape index (κ1) is 21.4. The van der Waals surface area contributed by atoms with Gasteiger partial charge in [0.2, 0.25) is 5.91 Å². The van der Waals surface area contributed by atoms with Crippen molar-refractivity contribution in [1.82, 2.24) is 25.1 Å². The minimum Gasteiger partial charge on any atom is -0.353 e. The largest absolute Gasteiger partial charge is 0.353 e. The zero-order valence-corrected chi connectivity index (χ0v) is 18.2. The van der Waals surface area contributed by atoms with Gasteiger partial charge in [-0.05, 0) is 38.2 Å². The number of amides is 2. The number of aryl methyl sites for hydroxylation is 1. The Morgan fingerprint density at radius 2 is 1.81 bits per heavy atom. The van der Waals surface area contributed by atoms with E-state index >= 15 is 0 Å². The molecule has 31 heavy (non-hydrogen) atoms. The van der Waals surface area contributed by atoms with Crippen molar-refractivity contribution in [3.63, 3.8) is 0 Å². The summed E-state index contributed by atoms with van der Waals surface area (Å²) in [6, 6.07) is 10.9. The van der Waals surface area contributed by atoms with Gasteiger partial charge in [0.15, 0.2) is 0 Å². The highest BCUT2D eigenvalue weighted by molar-refractivity contribution is 5.92. The number of carbonyl (C=O) groups is 2. The van der Waals surface area contributed by atoms with Crippen LogP contribution in [0, 0.1) is 6.92 Å². The summed E-state index contributed by atoms with van der Waals surface area (Å²) in [5.74, 6) is -0.105. The Bertz CT molecular complexity index is 875. The molecule has 1 aromatic heterocycles. The number of nitrogens with one attached hydrogen (secondary N) is 1. The molecule has 1 saturated carbocycles. The molecule has 4 rings (SSSR count). The van der Waals surface area contributed by atoms with Crippen molar-refractivity contribution in [2.45, 2.75) is 57.7 Å². The topological polar surface area (TPSA) is 78.4 Å². The van der Waals surface area contributed by atoms with Crippen molar-refractivity contribution >= 4 is 11.8 Å². The van der Waals surface area contributed by atoms with Gasteiger partial charge in [-0.3, -0.25) is 19.5 Å². The van der Waals surface area contributed by atoms with Crippen LogP contribution < -0.4 is 5.32 Å². The summed E-state index contributed by atoms with van der Waals surface area (Å²) in [5.41, 5.74) is 2.46. The van der Waals surface area contributed by atoms with Crippen LogP contribution in [-0.2, 0) is 11.3 Å². The minimum atomic E-state index is -0.128. The van der Waals surface area contributed by atoms with E-state index in [0.717, 1.165) is 51.0 Å². The summed E-state index contributed by atoms with van der Waals surface area (Å²) in [5, 5.41) is 3.17. The highest BCUT2D eigenvalue weighted by Crippen LogP contribution is 2.28. The van der Waals surface area contributed by atoms with Crippen LogP contribution in [0.5, 0.6) is 0 Å². The lowest BCUT2D eigenvalue weighted by Gasteiger charge is -2.32. The van der Waals surface area contributed by atoms with E-state index in [1.807, 2.05) is 13.0 Å². The maximum atomic E-state index is 12.8. The zero-order valence-electron chi connectivity index (χ0n) is 18.2. The predicted octanol–water partition coefficient (Wildman–Crippen LogP) is 2.56. The Hall–Kier alpha value is -2.80. The Morgan fingerprint density at radius 3 is 2.45 bits per heavy atom. The number of hydrogen-bond acceptors (Lipinski definition) is 5. The van der Waals surface area contributed by atoms with Crippen LogP contribution in [0.25, 0.3) is 0 Å². The molecule has 0 bridgehead atoms. The van der Waals surface area contributed by atoms with Crippen LogP contribution in [0.4, 0.5) is 0 Å². The maximum Gasteiger partial charge on any atom is 0.274 e. The molecular weight excluding hydrogens is 390 g/mol. The molecular formula is C24H31N5O2. The van der Waals surface area contributed by atoms with E-state index in [4.69, 9.17) is 0 Å². The molecule has 1 aliphatic carbocycles. The van der Waals surface area contributed by atoms with Crippen molar-refractivity contribution in [1.29, 1.82) is 0 Å².